The lowest BCUT2D eigenvalue weighted by atomic mass is 10.0. The predicted octanol–water partition coefficient (Wildman–Crippen LogP) is 5.30. The van der Waals surface area contributed by atoms with Crippen molar-refractivity contribution >= 4 is 33.8 Å². The molecule has 0 atom stereocenters. The Morgan fingerprint density at radius 1 is 0.909 bits per heavy atom. The molecule has 0 aliphatic carbocycles. The van der Waals surface area contributed by atoms with Crippen LogP contribution in [0.25, 0.3) is 10.8 Å². The molecule has 0 saturated heterocycles. The predicted molar refractivity (Wildman–Crippen MR) is 92.5 cm³/mol. The molecule has 3 heteroatoms. The molecule has 22 heavy (non-hydrogen) atoms. The number of nitrogens with one attached hydrogen (secondary N) is 1. The number of carbonyl (C=O) groups excluding carboxylic acids is 1. The van der Waals surface area contributed by atoms with Crippen molar-refractivity contribution in [1.29, 1.82) is 0 Å². The van der Waals surface area contributed by atoms with Gasteiger partial charge >= 0.3 is 0 Å². The Hall–Kier alpha value is -2.58. The third kappa shape index (κ3) is 3.18. The van der Waals surface area contributed by atoms with Gasteiger partial charge in [-0.15, -0.1) is 0 Å². The number of hydrogen-bond donors (Lipinski definition) is 1. The topological polar surface area (TPSA) is 29.1 Å². The molecule has 0 unspecified atom stereocenters. The fourth-order valence-electron chi connectivity index (χ4n) is 2.29. The first-order valence-corrected chi connectivity index (χ1v) is 7.32. The van der Waals surface area contributed by atoms with Gasteiger partial charge in [-0.3, -0.25) is 4.79 Å². The summed E-state index contributed by atoms with van der Waals surface area (Å²) in [4.78, 5) is 12.4. The molecule has 0 radical (unpaired) electrons. The van der Waals surface area contributed by atoms with E-state index in [0.29, 0.717) is 10.6 Å². The molecule has 108 valence electrons. The van der Waals surface area contributed by atoms with E-state index in [1.165, 1.54) is 6.08 Å². The van der Waals surface area contributed by atoms with Gasteiger partial charge < -0.3 is 5.32 Å². The number of benzene rings is 3. The number of rotatable bonds is 4. The van der Waals surface area contributed by atoms with Crippen molar-refractivity contribution in [2.75, 3.05) is 5.32 Å². The number of halogens is 1. The van der Waals surface area contributed by atoms with Crippen LogP contribution in [0.15, 0.2) is 79.0 Å². The number of hydrogen-bond acceptors (Lipinski definition) is 2. The van der Waals surface area contributed by atoms with Gasteiger partial charge in [-0.25, -0.2) is 0 Å². The molecular formula is C19H14ClNO. The van der Waals surface area contributed by atoms with Crippen molar-refractivity contribution < 1.29 is 4.79 Å². The normalized spacial score (nSPS) is 11.0. The van der Waals surface area contributed by atoms with Crippen LogP contribution in [0.4, 0.5) is 5.69 Å². The highest BCUT2D eigenvalue weighted by atomic mass is 35.5. The standard InChI is InChI=1S/C19H14ClNO/c20-15-8-10-16(11-9-15)21-13-12-19(22)18-7-3-5-14-4-1-2-6-17(14)18/h1-13,21H/b13-12-. The average molecular weight is 308 g/mol. The van der Waals surface area contributed by atoms with E-state index < -0.39 is 0 Å². The Kier molecular flexibility index (Phi) is 4.22. The van der Waals surface area contributed by atoms with Gasteiger partial charge in [-0.2, -0.15) is 0 Å². The summed E-state index contributed by atoms with van der Waals surface area (Å²) in [6.45, 7) is 0. The molecule has 3 aromatic rings. The monoisotopic (exact) mass is 307 g/mol. The summed E-state index contributed by atoms with van der Waals surface area (Å²) < 4.78 is 0. The van der Waals surface area contributed by atoms with Gasteiger partial charge in [0, 0.05) is 28.5 Å². The first kappa shape index (κ1) is 14.4. The Bertz CT molecular complexity index is 832. The van der Waals surface area contributed by atoms with E-state index in [1.807, 2.05) is 54.6 Å². The number of carbonyl (C=O) groups is 1. The Morgan fingerprint density at radius 2 is 1.64 bits per heavy atom. The molecule has 0 aliphatic heterocycles. The van der Waals surface area contributed by atoms with Crippen molar-refractivity contribution in [3.63, 3.8) is 0 Å². The van der Waals surface area contributed by atoms with Gasteiger partial charge in [0.2, 0.25) is 0 Å². The van der Waals surface area contributed by atoms with Crippen LogP contribution >= 0.6 is 11.6 Å². The summed E-state index contributed by atoms with van der Waals surface area (Å²) in [6.07, 6.45) is 3.18. The maximum absolute atomic E-state index is 12.4. The molecule has 0 aromatic heterocycles. The maximum atomic E-state index is 12.4. The third-order valence-corrected chi connectivity index (χ3v) is 3.64. The van der Waals surface area contributed by atoms with E-state index >= 15 is 0 Å². The second-order valence-electron chi connectivity index (χ2n) is 4.88. The first-order chi connectivity index (χ1) is 10.7. The van der Waals surface area contributed by atoms with E-state index in [-0.39, 0.29) is 5.78 Å². The smallest absolute Gasteiger partial charge is 0.187 e. The number of anilines is 1. The van der Waals surface area contributed by atoms with Gasteiger partial charge in [0.25, 0.3) is 0 Å². The van der Waals surface area contributed by atoms with Crippen molar-refractivity contribution in [2.24, 2.45) is 0 Å². The SMILES string of the molecule is O=C(/C=C\Nc1ccc(Cl)cc1)c1cccc2ccccc12. The molecule has 1 N–H and O–H groups in total. The molecule has 0 fully saturated rings. The van der Waals surface area contributed by atoms with Crippen LogP contribution in [0.1, 0.15) is 10.4 Å². The van der Waals surface area contributed by atoms with E-state index in [2.05, 4.69) is 5.32 Å². The molecule has 0 heterocycles. The Balaban J connectivity index is 1.78. The lowest BCUT2D eigenvalue weighted by molar-refractivity contribution is 0.104. The van der Waals surface area contributed by atoms with Crippen LogP contribution in [0.5, 0.6) is 0 Å². The van der Waals surface area contributed by atoms with Gasteiger partial charge in [-0.1, -0.05) is 54.1 Å². The Morgan fingerprint density at radius 3 is 2.45 bits per heavy atom. The minimum absolute atomic E-state index is 0.0294. The summed E-state index contributed by atoms with van der Waals surface area (Å²) in [5.41, 5.74) is 1.58. The molecule has 0 aliphatic rings. The summed E-state index contributed by atoms with van der Waals surface area (Å²) in [6, 6.07) is 20.9. The molecule has 2 nitrogen and oxygen atoms in total. The molecule has 0 saturated carbocycles. The molecule has 0 bridgehead atoms. The van der Waals surface area contributed by atoms with Crippen LogP contribution < -0.4 is 5.32 Å². The summed E-state index contributed by atoms with van der Waals surface area (Å²) >= 11 is 5.83. The zero-order valence-corrected chi connectivity index (χ0v) is 12.5. The zero-order chi connectivity index (χ0) is 15.4. The fourth-order valence-corrected chi connectivity index (χ4v) is 2.42. The summed E-state index contributed by atoms with van der Waals surface area (Å²) in [5, 5.41) is 5.77. The average Bonchev–Trinajstić information content (AvgIpc) is 2.56. The highest BCUT2D eigenvalue weighted by molar-refractivity contribution is 6.30. The van der Waals surface area contributed by atoms with Crippen molar-refractivity contribution in [1.82, 2.24) is 0 Å². The third-order valence-electron chi connectivity index (χ3n) is 3.38. The van der Waals surface area contributed by atoms with Gasteiger partial charge in [-0.05, 0) is 35.0 Å². The van der Waals surface area contributed by atoms with Crippen LogP contribution in [0.2, 0.25) is 5.02 Å². The van der Waals surface area contributed by atoms with Crippen LogP contribution in [0, 0.1) is 0 Å². The van der Waals surface area contributed by atoms with Crippen molar-refractivity contribution in [2.45, 2.75) is 0 Å². The number of ketones is 1. The van der Waals surface area contributed by atoms with E-state index in [0.717, 1.165) is 16.5 Å². The number of fused-ring (bicyclic) bond motifs is 1. The van der Waals surface area contributed by atoms with Crippen molar-refractivity contribution in [3.8, 4) is 0 Å². The first-order valence-electron chi connectivity index (χ1n) is 6.95. The number of allylic oxidation sites excluding steroid dienone is 1. The second kappa shape index (κ2) is 6.46. The van der Waals surface area contributed by atoms with Gasteiger partial charge in [0.15, 0.2) is 5.78 Å². The molecule has 3 rings (SSSR count). The summed E-state index contributed by atoms with van der Waals surface area (Å²) in [5.74, 6) is -0.0294. The van der Waals surface area contributed by atoms with E-state index in [9.17, 15) is 4.79 Å². The largest absolute Gasteiger partial charge is 0.362 e. The van der Waals surface area contributed by atoms with Crippen LogP contribution in [-0.4, -0.2) is 5.78 Å². The van der Waals surface area contributed by atoms with Crippen molar-refractivity contribution in [3.05, 3.63) is 89.6 Å². The van der Waals surface area contributed by atoms with Gasteiger partial charge in [0.05, 0.1) is 0 Å². The molecule has 0 amide bonds. The Labute approximate surface area is 134 Å². The fraction of sp³-hybridized carbons (Fsp3) is 0. The van der Waals surface area contributed by atoms with Crippen LogP contribution in [-0.2, 0) is 0 Å². The quantitative estimate of drug-likeness (QED) is 0.523. The lowest BCUT2D eigenvalue weighted by Crippen LogP contribution is -1.97. The van der Waals surface area contributed by atoms with Gasteiger partial charge in [0.1, 0.15) is 0 Å². The molecular weight excluding hydrogens is 294 g/mol. The maximum Gasteiger partial charge on any atom is 0.187 e. The minimum Gasteiger partial charge on any atom is -0.362 e. The van der Waals surface area contributed by atoms with E-state index in [1.54, 1.807) is 18.3 Å². The van der Waals surface area contributed by atoms with E-state index in [4.69, 9.17) is 11.6 Å². The highest BCUT2D eigenvalue weighted by Gasteiger charge is 2.06. The minimum atomic E-state index is -0.0294. The molecule has 3 aromatic carbocycles. The lowest BCUT2D eigenvalue weighted by Gasteiger charge is -2.03. The zero-order valence-electron chi connectivity index (χ0n) is 11.8. The molecule has 0 spiro atoms. The summed E-state index contributed by atoms with van der Waals surface area (Å²) in [7, 11) is 0. The van der Waals surface area contributed by atoms with Crippen LogP contribution in [0.3, 0.4) is 0 Å². The highest BCUT2D eigenvalue weighted by Crippen LogP contribution is 2.19. The second-order valence-corrected chi connectivity index (χ2v) is 5.31.